The van der Waals surface area contributed by atoms with Crippen molar-refractivity contribution in [2.45, 2.75) is 6.92 Å². The van der Waals surface area contributed by atoms with Gasteiger partial charge in [-0.3, -0.25) is 9.72 Å². The number of ether oxygens (including phenoxy) is 1. The Morgan fingerprint density at radius 1 is 1.17 bits per heavy atom. The molecule has 23 heavy (non-hydrogen) atoms. The molecule has 0 bridgehead atoms. The van der Waals surface area contributed by atoms with E-state index in [1.807, 2.05) is 12.1 Å². The summed E-state index contributed by atoms with van der Waals surface area (Å²) in [5.74, 6) is 0.489. The van der Waals surface area contributed by atoms with Gasteiger partial charge < -0.3 is 4.74 Å². The molecule has 0 radical (unpaired) electrons. The van der Waals surface area contributed by atoms with E-state index in [1.165, 1.54) is 0 Å². The number of rotatable bonds is 3. The fourth-order valence-electron chi connectivity index (χ4n) is 2.21. The molecule has 1 amide bonds. The zero-order valence-corrected chi connectivity index (χ0v) is 13.7. The minimum atomic E-state index is -0.551. The van der Waals surface area contributed by atoms with Crippen LogP contribution in [0.4, 0.5) is 10.6 Å². The number of pyridine rings is 1. The first-order valence-electron chi connectivity index (χ1n) is 6.96. The van der Waals surface area contributed by atoms with Crippen LogP contribution in [0.3, 0.4) is 0 Å². The fraction of sp³-hybridized carbons (Fsp3) is 0.125. The van der Waals surface area contributed by atoms with Crippen molar-refractivity contribution in [3.05, 3.63) is 52.6 Å². The molecule has 0 unspecified atom stereocenters. The van der Waals surface area contributed by atoms with E-state index in [9.17, 15) is 4.79 Å². The maximum Gasteiger partial charge on any atom is 0.412 e. The Morgan fingerprint density at radius 3 is 2.57 bits per heavy atom. The number of hydrogen-bond donors (Lipinski definition) is 1. The molecule has 5 nitrogen and oxygen atoms in total. The number of hydrogen-bond acceptors (Lipinski definition) is 3. The van der Waals surface area contributed by atoms with Crippen LogP contribution in [0.15, 0.2) is 42.6 Å². The van der Waals surface area contributed by atoms with E-state index >= 15 is 0 Å². The lowest BCUT2D eigenvalue weighted by molar-refractivity contribution is 0.168. The molecule has 0 aliphatic rings. The normalized spacial score (nSPS) is 10.7. The SMILES string of the molecule is CCOC(=O)Nc1c(-c2ccc(Cl)cc2)nc2ccc(Cl)cn12. The van der Waals surface area contributed by atoms with Crippen LogP contribution in [0, 0.1) is 0 Å². The van der Waals surface area contributed by atoms with E-state index in [-0.39, 0.29) is 6.61 Å². The molecule has 0 saturated carbocycles. The van der Waals surface area contributed by atoms with Crippen LogP contribution < -0.4 is 5.32 Å². The summed E-state index contributed by atoms with van der Waals surface area (Å²) >= 11 is 12.0. The number of anilines is 1. The molecule has 0 fully saturated rings. The largest absolute Gasteiger partial charge is 0.450 e. The number of imidazole rings is 1. The lowest BCUT2D eigenvalue weighted by Crippen LogP contribution is -2.15. The molecular formula is C16H13Cl2N3O2. The summed E-state index contributed by atoms with van der Waals surface area (Å²) in [4.78, 5) is 16.4. The van der Waals surface area contributed by atoms with Gasteiger partial charge in [-0.05, 0) is 31.2 Å². The van der Waals surface area contributed by atoms with Gasteiger partial charge >= 0.3 is 6.09 Å². The number of nitrogens with zero attached hydrogens (tertiary/aromatic N) is 2. The van der Waals surface area contributed by atoms with Gasteiger partial charge in [0, 0.05) is 16.8 Å². The van der Waals surface area contributed by atoms with E-state index in [1.54, 1.807) is 41.8 Å². The van der Waals surface area contributed by atoms with E-state index < -0.39 is 6.09 Å². The summed E-state index contributed by atoms with van der Waals surface area (Å²) in [5.41, 5.74) is 2.09. The van der Waals surface area contributed by atoms with E-state index in [0.29, 0.717) is 27.2 Å². The molecule has 118 valence electrons. The van der Waals surface area contributed by atoms with Crippen molar-refractivity contribution in [1.82, 2.24) is 9.38 Å². The number of carbonyl (C=O) groups is 1. The van der Waals surface area contributed by atoms with E-state index in [0.717, 1.165) is 5.56 Å². The number of halogens is 2. The zero-order chi connectivity index (χ0) is 16.4. The second kappa shape index (κ2) is 6.48. The van der Waals surface area contributed by atoms with E-state index in [2.05, 4.69) is 10.3 Å². The summed E-state index contributed by atoms with van der Waals surface area (Å²) < 4.78 is 6.67. The van der Waals surface area contributed by atoms with Gasteiger partial charge in [0.25, 0.3) is 0 Å². The molecule has 2 aromatic heterocycles. The van der Waals surface area contributed by atoms with Crippen molar-refractivity contribution in [3.8, 4) is 11.3 Å². The highest BCUT2D eigenvalue weighted by Crippen LogP contribution is 2.30. The minimum absolute atomic E-state index is 0.277. The van der Waals surface area contributed by atoms with Crippen LogP contribution in [0.5, 0.6) is 0 Å². The Balaban J connectivity index is 2.15. The molecule has 3 aromatic rings. The predicted octanol–water partition coefficient (Wildman–Crippen LogP) is 4.88. The number of aromatic nitrogens is 2. The summed E-state index contributed by atoms with van der Waals surface area (Å²) in [6.07, 6.45) is 1.13. The Morgan fingerprint density at radius 2 is 1.87 bits per heavy atom. The van der Waals surface area contributed by atoms with Crippen molar-refractivity contribution in [1.29, 1.82) is 0 Å². The summed E-state index contributed by atoms with van der Waals surface area (Å²) in [5, 5.41) is 3.88. The van der Waals surface area contributed by atoms with Gasteiger partial charge in [-0.2, -0.15) is 0 Å². The van der Waals surface area contributed by atoms with Crippen LogP contribution >= 0.6 is 23.2 Å². The molecule has 0 saturated heterocycles. The first-order valence-corrected chi connectivity index (χ1v) is 7.71. The average molecular weight is 350 g/mol. The molecule has 0 atom stereocenters. The molecule has 7 heteroatoms. The Kier molecular flexibility index (Phi) is 4.41. The third-order valence-corrected chi connectivity index (χ3v) is 3.67. The highest BCUT2D eigenvalue weighted by atomic mass is 35.5. The first kappa shape index (κ1) is 15.6. The highest BCUT2D eigenvalue weighted by molar-refractivity contribution is 6.30. The van der Waals surface area contributed by atoms with Crippen molar-refractivity contribution >= 4 is 40.8 Å². The quantitative estimate of drug-likeness (QED) is 0.733. The molecule has 1 aromatic carbocycles. The molecule has 0 aliphatic heterocycles. The average Bonchev–Trinajstić information content (AvgIpc) is 2.86. The lowest BCUT2D eigenvalue weighted by atomic mass is 10.1. The van der Waals surface area contributed by atoms with Gasteiger partial charge in [-0.25, -0.2) is 9.78 Å². The summed E-state index contributed by atoms with van der Waals surface area (Å²) in [7, 11) is 0. The van der Waals surface area contributed by atoms with Crippen molar-refractivity contribution in [3.63, 3.8) is 0 Å². The van der Waals surface area contributed by atoms with Gasteiger partial charge in [-0.15, -0.1) is 0 Å². The second-order valence-corrected chi connectivity index (χ2v) is 5.61. The highest BCUT2D eigenvalue weighted by Gasteiger charge is 2.17. The molecule has 3 rings (SSSR count). The Bertz CT molecular complexity index is 860. The van der Waals surface area contributed by atoms with Crippen LogP contribution in [0.1, 0.15) is 6.92 Å². The van der Waals surface area contributed by atoms with Crippen molar-refractivity contribution < 1.29 is 9.53 Å². The van der Waals surface area contributed by atoms with Gasteiger partial charge in [0.1, 0.15) is 17.2 Å². The molecule has 2 heterocycles. The zero-order valence-electron chi connectivity index (χ0n) is 12.2. The smallest absolute Gasteiger partial charge is 0.412 e. The van der Waals surface area contributed by atoms with Crippen molar-refractivity contribution in [2.75, 3.05) is 11.9 Å². The van der Waals surface area contributed by atoms with Crippen LogP contribution in [0.2, 0.25) is 10.0 Å². The van der Waals surface area contributed by atoms with Crippen LogP contribution in [-0.4, -0.2) is 22.1 Å². The molecule has 0 aliphatic carbocycles. The van der Waals surface area contributed by atoms with Gasteiger partial charge in [0.2, 0.25) is 0 Å². The first-order chi connectivity index (χ1) is 11.1. The summed E-state index contributed by atoms with van der Waals surface area (Å²) in [6.45, 7) is 2.02. The number of nitrogens with one attached hydrogen (secondary N) is 1. The Hall–Kier alpha value is -2.24. The monoisotopic (exact) mass is 349 g/mol. The topological polar surface area (TPSA) is 55.6 Å². The summed E-state index contributed by atoms with van der Waals surface area (Å²) in [6, 6.07) is 10.7. The number of benzene rings is 1. The van der Waals surface area contributed by atoms with Crippen molar-refractivity contribution in [2.24, 2.45) is 0 Å². The second-order valence-electron chi connectivity index (χ2n) is 4.74. The van der Waals surface area contributed by atoms with Gasteiger partial charge in [0.15, 0.2) is 0 Å². The third kappa shape index (κ3) is 3.25. The lowest BCUT2D eigenvalue weighted by Gasteiger charge is -2.08. The predicted molar refractivity (Wildman–Crippen MR) is 91.3 cm³/mol. The molecular weight excluding hydrogens is 337 g/mol. The van der Waals surface area contributed by atoms with Gasteiger partial charge in [-0.1, -0.05) is 35.3 Å². The molecule has 0 spiro atoms. The van der Waals surface area contributed by atoms with Crippen LogP contribution in [0.25, 0.3) is 16.9 Å². The number of carbonyl (C=O) groups excluding carboxylic acids is 1. The van der Waals surface area contributed by atoms with E-state index in [4.69, 9.17) is 27.9 Å². The minimum Gasteiger partial charge on any atom is -0.450 e. The Labute approximate surface area is 142 Å². The third-order valence-electron chi connectivity index (χ3n) is 3.20. The standard InChI is InChI=1S/C16H13Cl2N3O2/c1-2-23-16(22)20-15-14(10-3-5-11(17)6-4-10)19-13-8-7-12(18)9-21(13)15/h3-9H,2H2,1H3,(H,20,22). The molecule has 1 N–H and O–H groups in total. The number of amides is 1. The maximum absolute atomic E-state index is 11.8. The maximum atomic E-state index is 11.8. The van der Waals surface area contributed by atoms with Crippen LogP contribution in [-0.2, 0) is 4.74 Å². The fourth-order valence-corrected chi connectivity index (χ4v) is 2.50. The number of fused-ring (bicyclic) bond motifs is 1. The van der Waals surface area contributed by atoms with Gasteiger partial charge in [0.05, 0.1) is 11.6 Å².